The highest BCUT2D eigenvalue weighted by molar-refractivity contribution is 8.13. The zero-order chi connectivity index (χ0) is 8.48. The average Bonchev–Trinajstić information content (AvgIpc) is 1.86. The monoisotopic (exact) mass is 227 g/mol. The first-order valence-electron chi connectivity index (χ1n) is 2.88. The van der Waals surface area contributed by atoms with Crippen LogP contribution in [0.5, 0.6) is 0 Å². The molecule has 0 atom stereocenters. The van der Waals surface area contributed by atoms with Crippen molar-refractivity contribution in [1.29, 1.82) is 0 Å². The van der Waals surface area contributed by atoms with E-state index < -0.39 is 9.05 Å². The van der Waals surface area contributed by atoms with Crippen molar-refractivity contribution in [3.63, 3.8) is 0 Å². The van der Waals surface area contributed by atoms with Gasteiger partial charge >= 0.3 is 0 Å². The Hall–Kier alpha value is -0.320. The van der Waals surface area contributed by atoms with Gasteiger partial charge in [-0.3, -0.25) is 0 Å². The van der Waals surface area contributed by atoms with Crippen LogP contribution in [-0.4, -0.2) is 13.4 Å². The molecule has 12 heavy (non-hydrogen) atoms. The molecule has 0 radical (unpaired) electrons. The number of aromatic nitrogens is 1. The van der Waals surface area contributed by atoms with E-state index in [1.807, 2.05) is 0 Å². The van der Waals surface area contributed by atoms with E-state index in [0.29, 0.717) is 5.69 Å². The second-order valence-electron chi connectivity index (χ2n) is 2.06. The van der Waals surface area contributed by atoms with Crippen molar-refractivity contribution in [1.82, 2.24) is 4.98 Å². The number of aryl methyl sites for hydroxylation is 1. The van der Waals surface area contributed by atoms with Crippen molar-refractivity contribution >= 4 is 32.1 Å². The minimum Gasteiger partial charge on any atom is -0.240 e. The molecule has 0 amide bonds. The molecule has 0 aliphatic carbocycles. The number of rotatable bonds is 1. The lowest BCUT2D eigenvalue weighted by Crippen LogP contribution is -1.95. The third-order valence-electron chi connectivity index (χ3n) is 1.11. The number of hydrogen-bond acceptors (Lipinski definition) is 3. The first-order chi connectivity index (χ1) is 5.00. The fourth-order valence-electron chi connectivity index (χ4n) is 0.654. The molecule has 0 N–H and O–H groups in total. The molecule has 0 aliphatic heterocycles. The number of nitrogens with zero attached hydrogens (tertiary/aromatic N) is 1. The first-order valence-corrected chi connectivity index (χ1v) is 5.19. The summed E-state index contributed by atoms with van der Waals surface area (Å²) >= 11 is 0. The summed E-state index contributed by atoms with van der Waals surface area (Å²) in [5, 5.41) is -0.0980. The molecule has 0 unspecified atom stereocenters. The van der Waals surface area contributed by atoms with Crippen LogP contribution in [0.25, 0.3) is 0 Å². The van der Waals surface area contributed by atoms with E-state index in [4.69, 9.17) is 10.7 Å². The molecule has 6 heteroatoms. The van der Waals surface area contributed by atoms with E-state index >= 15 is 0 Å². The van der Waals surface area contributed by atoms with Crippen molar-refractivity contribution in [3.05, 3.63) is 23.9 Å². The Kier molecular flexibility index (Phi) is 3.96. The summed E-state index contributed by atoms with van der Waals surface area (Å²) in [5.74, 6) is 0. The topological polar surface area (TPSA) is 47.0 Å². The molecular formula is C6H7Cl2NO2S. The number of halogens is 2. The van der Waals surface area contributed by atoms with Crippen LogP contribution in [0.1, 0.15) is 5.69 Å². The Morgan fingerprint density at radius 3 is 2.33 bits per heavy atom. The fourth-order valence-corrected chi connectivity index (χ4v) is 1.41. The molecule has 0 aromatic carbocycles. The minimum atomic E-state index is -3.66. The highest BCUT2D eigenvalue weighted by atomic mass is 35.7. The Morgan fingerprint density at radius 1 is 1.42 bits per heavy atom. The molecule has 1 rings (SSSR count). The molecule has 68 valence electrons. The second-order valence-corrected chi connectivity index (χ2v) is 4.57. The zero-order valence-corrected chi connectivity index (χ0v) is 8.58. The number of hydrogen-bond donors (Lipinski definition) is 0. The van der Waals surface area contributed by atoms with Gasteiger partial charge in [0.05, 0.1) is 0 Å². The maximum Gasteiger partial charge on any atom is 0.278 e. The third-order valence-corrected chi connectivity index (χ3v) is 2.31. The van der Waals surface area contributed by atoms with Gasteiger partial charge in [0, 0.05) is 16.4 Å². The van der Waals surface area contributed by atoms with Gasteiger partial charge in [0.1, 0.15) is 0 Å². The van der Waals surface area contributed by atoms with Crippen LogP contribution < -0.4 is 0 Å². The summed E-state index contributed by atoms with van der Waals surface area (Å²) in [6, 6.07) is 4.65. The highest BCUT2D eigenvalue weighted by Crippen LogP contribution is 2.11. The highest BCUT2D eigenvalue weighted by Gasteiger charge is 2.10. The molecule has 0 bridgehead atoms. The normalized spacial score (nSPS) is 10.5. The second kappa shape index (κ2) is 4.07. The molecule has 0 saturated carbocycles. The molecule has 0 saturated heterocycles. The van der Waals surface area contributed by atoms with Gasteiger partial charge < -0.3 is 0 Å². The van der Waals surface area contributed by atoms with E-state index in [1.165, 1.54) is 6.07 Å². The van der Waals surface area contributed by atoms with Crippen molar-refractivity contribution in [3.8, 4) is 0 Å². The molecular weight excluding hydrogens is 221 g/mol. The van der Waals surface area contributed by atoms with Gasteiger partial charge in [-0.25, -0.2) is 13.4 Å². The van der Waals surface area contributed by atoms with Gasteiger partial charge in [0.2, 0.25) is 0 Å². The lowest BCUT2D eigenvalue weighted by atomic mass is 10.4. The molecule has 0 spiro atoms. The predicted molar refractivity (Wildman–Crippen MR) is 49.3 cm³/mol. The van der Waals surface area contributed by atoms with Gasteiger partial charge in [-0.05, 0) is 19.1 Å². The van der Waals surface area contributed by atoms with Gasteiger partial charge in [0.25, 0.3) is 9.05 Å². The molecule has 3 nitrogen and oxygen atoms in total. The summed E-state index contributed by atoms with van der Waals surface area (Å²) in [4.78, 5) is 3.72. The molecule has 0 aliphatic rings. The summed E-state index contributed by atoms with van der Waals surface area (Å²) in [5.41, 5.74) is 0.631. The summed E-state index contributed by atoms with van der Waals surface area (Å²) in [6.07, 6.45) is 0. The third kappa shape index (κ3) is 2.97. The summed E-state index contributed by atoms with van der Waals surface area (Å²) < 4.78 is 21.4. The SMILES string of the molecule is Cc1cccc(S(=O)(=O)Cl)n1.Cl. The van der Waals surface area contributed by atoms with E-state index in [1.54, 1.807) is 19.1 Å². The minimum absolute atomic E-state index is 0. The largest absolute Gasteiger partial charge is 0.278 e. The quantitative estimate of drug-likeness (QED) is 0.688. The maximum atomic E-state index is 10.7. The van der Waals surface area contributed by atoms with Crippen LogP contribution in [0.15, 0.2) is 23.2 Å². The molecule has 1 heterocycles. The van der Waals surface area contributed by atoms with Crippen molar-refractivity contribution in [2.45, 2.75) is 11.9 Å². The van der Waals surface area contributed by atoms with Crippen LogP contribution >= 0.6 is 23.1 Å². The van der Waals surface area contributed by atoms with Crippen molar-refractivity contribution < 1.29 is 8.42 Å². The van der Waals surface area contributed by atoms with Gasteiger partial charge in [0.15, 0.2) is 5.03 Å². The fraction of sp³-hybridized carbons (Fsp3) is 0.167. The predicted octanol–water partition coefficient (Wildman–Crippen LogP) is 1.74. The van der Waals surface area contributed by atoms with Crippen molar-refractivity contribution in [2.75, 3.05) is 0 Å². The maximum absolute atomic E-state index is 10.7. The molecule has 0 fully saturated rings. The van der Waals surface area contributed by atoms with E-state index in [9.17, 15) is 8.42 Å². The van der Waals surface area contributed by atoms with Crippen LogP contribution in [-0.2, 0) is 9.05 Å². The summed E-state index contributed by atoms with van der Waals surface area (Å²) in [6.45, 7) is 1.70. The van der Waals surface area contributed by atoms with Gasteiger partial charge in [-0.2, -0.15) is 0 Å². The van der Waals surface area contributed by atoms with Crippen LogP contribution in [0.2, 0.25) is 0 Å². The van der Waals surface area contributed by atoms with Crippen molar-refractivity contribution in [2.24, 2.45) is 0 Å². The van der Waals surface area contributed by atoms with Gasteiger partial charge in [-0.1, -0.05) is 6.07 Å². The zero-order valence-electron chi connectivity index (χ0n) is 6.19. The standard InChI is InChI=1S/C6H6ClNO2S.ClH/c1-5-3-2-4-6(8-5)11(7,9)10;/h2-4H,1H3;1H. The molecule has 1 aromatic heterocycles. The Morgan fingerprint density at radius 2 is 2.00 bits per heavy atom. The van der Waals surface area contributed by atoms with Crippen LogP contribution in [0, 0.1) is 6.92 Å². The first kappa shape index (κ1) is 11.7. The smallest absolute Gasteiger partial charge is 0.240 e. The lowest BCUT2D eigenvalue weighted by molar-refractivity contribution is 0.606. The molecule has 1 aromatic rings. The average molecular weight is 228 g/mol. The number of pyridine rings is 1. The van der Waals surface area contributed by atoms with E-state index in [-0.39, 0.29) is 17.4 Å². The lowest BCUT2D eigenvalue weighted by Gasteiger charge is -1.94. The summed E-state index contributed by atoms with van der Waals surface area (Å²) in [7, 11) is 1.38. The Labute approximate surface area is 81.6 Å². The van der Waals surface area contributed by atoms with Gasteiger partial charge in [-0.15, -0.1) is 12.4 Å². The Bertz CT molecular complexity index is 364. The van der Waals surface area contributed by atoms with E-state index in [0.717, 1.165) is 0 Å². The van der Waals surface area contributed by atoms with Crippen LogP contribution in [0.4, 0.5) is 0 Å². The Balaban J connectivity index is 0.00000121. The van der Waals surface area contributed by atoms with Crippen LogP contribution in [0.3, 0.4) is 0 Å². The van der Waals surface area contributed by atoms with E-state index in [2.05, 4.69) is 4.98 Å².